The SMILES string of the molecule is CC[C@@H](C)NC(=O)[C@H](CC)N(Cc1ccc(Cl)cc1Cl)C(=O)CN(c1ccc(Cl)cc1)S(C)(=O)=O. The molecular weight excluding hydrogens is 533 g/mol. The summed E-state index contributed by atoms with van der Waals surface area (Å²) in [4.78, 5) is 28.1. The Morgan fingerprint density at radius 2 is 1.57 bits per heavy atom. The minimum Gasteiger partial charge on any atom is -0.352 e. The van der Waals surface area contributed by atoms with Crippen LogP contribution in [0.1, 0.15) is 39.2 Å². The fourth-order valence-electron chi connectivity index (χ4n) is 3.42. The molecule has 2 aromatic carbocycles. The van der Waals surface area contributed by atoms with Crippen molar-refractivity contribution in [1.82, 2.24) is 10.2 Å². The average molecular weight is 563 g/mol. The summed E-state index contributed by atoms with van der Waals surface area (Å²) in [5, 5.41) is 4.12. The van der Waals surface area contributed by atoms with E-state index >= 15 is 0 Å². The lowest BCUT2D eigenvalue weighted by molar-refractivity contribution is -0.140. The molecule has 0 fully saturated rings. The quantitative estimate of drug-likeness (QED) is 0.411. The summed E-state index contributed by atoms with van der Waals surface area (Å²) in [5.74, 6) is -0.875. The Kier molecular flexibility index (Phi) is 10.7. The van der Waals surface area contributed by atoms with Crippen molar-refractivity contribution in [1.29, 1.82) is 0 Å². The number of nitrogens with one attached hydrogen (secondary N) is 1. The van der Waals surface area contributed by atoms with E-state index in [1.807, 2.05) is 13.8 Å². The topological polar surface area (TPSA) is 86.8 Å². The van der Waals surface area contributed by atoms with Crippen LogP contribution in [0.5, 0.6) is 0 Å². The molecule has 2 amide bonds. The van der Waals surface area contributed by atoms with Crippen LogP contribution in [-0.4, -0.2) is 50.0 Å². The summed E-state index contributed by atoms with van der Waals surface area (Å²) in [6, 6.07) is 10.1. The van der Waals surface area contributed by atoms with Crippen molar-refractivity contribution in [2.45, 2.75) is 52.2 Å². The molecular formula is C24H30Cl3N3O4S. The van der Waals surface area contributed by atoms with Gasteiger partial charge in [-0.2, -0.15) is 0 Å². The number of benzene rings is 2. The fourth-order valence-corrected chi connectivity index (χ4v) is 4.86. The number of carbonyl (C=O) groups is 2. The largest absolute Gasteiger partial charge is 0.352 e. The molecule has 2 atom stereocenters. The van der Waals surface area contributed by atoms with Gasteiger partial charge in [-0.15, -0.1) is 0 Å². The van der Waals surface area contributed by atoms with Crippen molar-refractivity contribution in [3.8, 4) is 0 Å². The van der Waals surface area contributed by atoms with Gasteiger partial charge >= 0.3 is 0 Å². The second kappa shape index (κ2) is 12.8. The third kappa shape index (κ3) is 8.27. The second-order valence-electron chi connectivity index (χ2n) is 8.25. The third-order valence-corrected chi connectivity index (χ3v) is 7.52. The number of amides is 2. The molecule has 0 bridgehead atoms. The van der Waals surface area contributed by atoms with E-state index in [2.05, 4.69) is 5.32 Å². The van der Waals surface area contributed by atoms with Crippen LogP contribution < -0.4 is 9.62 Å². The van der Waals surface area contributed by atoms with Gasteiger partial charge in [0.1, 0.15) is 12.6 Å². The maximum absolute atomic E-state index is 13.6. The summed E-state index contributed by atoms with van der Waals surface area (Å²) < 4.78 is 26.2. The summed E-state index contributed by atoms with van der Waals surface area (Å²) >= 11 is 18.3. The first-order valence-corrected chi connectivity index (χ1v) is 14.1. The van der Waals surface area contributed by atoms with Crippen molar-refractivity contribution in [3.63, 3.8) is 0 Å². The second-order valence-corrected chi connectivity index (χ2v) is 11.4. The Morgan fingerprint density at radius 1 is 0.971 bits per heavy atom. The van der Waals surface area contributed by atoms with Gasteiger partial charge < -0.3 is 10.2 Å². The number of hydrogen-bond donors (Lipinski definition) is 1. The van der Waals surface area contributed by atoms with Crippen molar-refractivity contribution < 1.29 is 18.0 Å². The molecule has 0 heterocycles. The molecule has 0 aliphatic carbocycles. The third-order valence-electron chi connectivity index (χ3n) is 5.54. The minimum atomic E-state index is -3.82. The normalized spacial score (nSPS) is 13.1. The lowest BCUT2D eigenvalue weighted by Crippen LogP contribution is -2.53. The van der Waals surface area contributed by atoms with E-state index in [1.165, 1.54) is 17.0 Å². The maximum Gasteiger partial charge on any atom is 0.244 e. The number of hydrogen-bond acceptors (Lipinski definition) is 4. The monoisotopic (exact) mass is 561 g/mol. The predicted octanol–water partition coefficient (Wildman–Crippen LogP) is 5.13. The van der Waals surface area contributed by atoms with E-state index in [1.54, 1.807) is 37.3 Å². The Labute approximate surface area is 222 Å². The minimum absolute atomic E-state index is 0.000508. The van der Waals surface area contributed by atoms with Crippen molar-refractivity contribution >= 4 is 62.3 Å². The molecule has 1 N–H and O–H groups in total. The highest BCUT2D eigenvalue weighted by atomic mass is 35.5. The molecule has 0 aromatic heterocycles. The van der Waals surface area contributed by atoms with Gasteiger partial charge in [-0.25, -0.2) is 8.42 Å². The first kappa shape index (κ1) is 29.2. The van der Waals surface area contributed by atoms with Crippen LogP contribution in [-0.2, 0) is 26.2 Å². The highest BCUT2D eigenvalue weighted by molar-refractivity contribution is 7.92. The van der Waals surface area contributed by atoms with E-state index in [9.17, 15) is 18.0 Å². The molecule has 0 spiro atoms. The highest BCUT2D eigenvalue weighted by Crippen LogP contribution is 2.25. The van der Waals surface area contributed by atoms with Crippen molar-refractivity contribution in [2.24, 2.45) is 0 Å². The van der Waals surface area contributed by atoms with Gasteiger partial charge in [0.25, 0.3) is 0 Å². The van der Waals surface area contributed by atoms with Gasteiger partial charge in [-0.05, 0) is 61.7 Å². The van der Waals surface area contributed by atoms with Crippen LogP contribution in [0, 0.1) is 0 Å². The van der Waals surface area contributed by atoms with E-state index in [0.717, 1.165) is 17.0 Å². The average Bonchev–Trinajstić information content (AvgIpc) is 2.78. The van der Waals surface area contributed by atoms with Gasteiger partial charge in [0.15, 0.2) is 0 Å². The zero-order valence-electron chi connectivity index (χ0n) is 20.1. The van der Waals surface area contributed by atoms with Crippen LogP contribution in [0.2, 0.25) is 15.1 Å². The standard InChI is InChI=1S/C24H30Cl3N3O4S/c1-5-16(3)28-24(32)22(6-2)29(14-17-7-8-19(26)13-21(17)27)23(31)15-30(35(4,33)34)20-11-9-18(25)10-12-20/h7-13,16,22H,5-6,14-15H2,1-4H3,(H,28,32)/t16-,22+/m1/s1. The summed E-state index contributed by atoms with van der Waals surface area (Å²) in [5.41, 5.74) is 0.864. The van der Waals surface area contributed by atoms with E-state index in [0.29, 0.717) is 27.1 Å². The van der Waals surface area contributed by atoms with Gasteiger partial charge in [0, 0.05) is 27.7 Å². The van der Waals surface area contributed by atoms with Crippen LogP contribution in [0.25, 0.3) is 0 Å². The summed E-state index contributed by atoms with van der Waals surface area (Å²) in [6.45, 7) is 5.10. The number of carbonyl (C=O) groups excluding carboxylic acids is 2. The fraction of sp³-hybridized carbons (Fsp3) is 0.417. The van der Waals surface area contributed by atoms with Crippen LogP contribution in [0.4, 0.5) is 5.69 Å². The molecule has 0 unspecified atom stereocenters. The van der Waals surface area contributed by atoms with Gasteiger partial charge in [0.2, 0.25) is 21.8 Å². The molecule has 2 aromatic rings. The molecule has 2 rings (SSSR count). The maximum atomic E-state index is 13.6. The Bertz CT molecular complexity index is 1140. The van der Waals surface area contributed by atoms with Crippen LogP contribution >= 0.6 is 34.8 Å². The summed E-state index contributed by atoms with van der Waals surface area (Å²) in [6.07, 6.45) is 2.05. The molecule has 11 heteroatoms. The predicted molar refractivity (Wildman–Crippen MR) is 143 cm³/mol. The van der Waals surface area contributed by atoms with Gasteiger partial charge in [-0.1, -0.05) is 54.7 Å². The molecule has 0 saturated heterocycles. The van der Waals surface area contributed by atoms with Gasteiger partial charge in [-0.3, -0.25) is 13.9 Å². The zero-order valence-corrected chi connectivity index (χ0v) is 23.2. The van der Waals surface area contributed by atoms with Crippen LogP contribution in [0.3, 0.4) is 0 Å². The molecule has 0 aliphatic rings. The van der Waals surface area contributed by atoms with Gasteiger partial charge in [0.05, 0.1) is 11.9 Å². The van der Waals surface area contributed by atoms with E-state index in [-0.39, 0.29) is 24.2 Å². The zero-order chi connectivity index (χ0) is 26.3. The van der Waals surface area contributed by atoms with Crippen LogP contribution in [0.15, 0.2) is 42.5 Å². The highest BCUT2D eigenvalue weighted by Gasteiger charge is 2.32. The Balaban J connectivity index is 2.46. The molecule has 0 aliphatic heterocycles. The van der Waals surface area contributed by atoms with E-state index in [4.69, 9.17) is 34.8 Å². The molecule has 7 nitrogen and oxygen atoms in total. The summed E-state index contributed by atoms with van der Waals surface area (Å²) in [7, 11) is -3.82. The van der Waals surface area contributed by atoms with Crippen molar-refractivity contribution in [2.75, 3.05) is 17.1 Å². The lowest BCUT2D eigenvalue weighted by atomic mass is 10.1. The number of sulfonamides is 1. The Hall–Kier alpha value is -2.00. The smallest absolute Gasteiger partial charge is 0.244 e. The molecule has 192 valence electrons. The molecule has 0 radical (unpaired) electrons. The van der Waals surface area contributed by atoms with Crippen molar-refractivity contribution in [3.05, 3.63) is 63.1 Å². The molecule has 0 saturated carbocycles. The number of halogens is 3. The lowest BCUT2D eigenvalue weighted by Gasteiger charge is -2.33. The number of nitrogens with zero attached hydrogens (tertiary/aromatic N) is 2. The van der Waals surface area contributed by atoms with E-state index < -0.39 is 28.5 Å². The molecule has 35 heavy (non-hydrogen) atoms. The first-order valence-electron chi connectivity index (χ1n) is 11.1. The first-order chi connectivity index (χ1) is 16.4. The number of rotatable bonds is 11. The Morgan fingerprint density at radius 3 is 2.09 bits per heavy atom. The number of anilines is 1.